The van der Waals surface area contributed by atoms with Crippen molar-refractivity contribution in [2.24, 2.45) is 0 Å². The van der Waals surface area contributed by atoms with Crippen LogP contribution in [-0.4, -0.2) is 36.5 Å². The summed E-state index contributed by atoms with van der Waals surface area (Å²) in [4.78, 5) is 48.4. The van der Waals surface area contributed by atoms with Crippen LogP contribution in [0.2, 0.25) is 0 Å². The number of esters is 3. The van der Waals surface area contributed by atoms with E-state index < -0.39 is 23.9 Å². The third-order valence-electron chi connectivity index (χ3n) is 3.70. The zero-order valence-corrected chi connectivity index (χ0v) is 15.2. The lowest BCUT2D eigenvalue weighted by atomic mass is 10.1. The van der Waals surface area contributed by atoms with Crippen LogP contribution >= 0.6 is 0 Å². The van der Waals surface area contributed by atoms with Gasteiger partial charge in [0, 0.05) is 33.3 Å². The quantitative estimate of drug-likeness (QED) is 0.580. The van der Waals surface area contributed by atoms with E-state index in [0.717, 1.165) is 0 Å². The summed E-state index contributed by atoms with van der Waals surface area (Å²) in [5, 5.41) is 0. The van der Waals surface area contributed by atoms with Crippen LogP contribution < -0.4 is 14.4 Å². The number of amides is 1. The van der Waals surface area contributed by atoms with Gasteiger partial charge >= 0.3 is 17.9 Å². The summed E-state index contributed by atoms with van der Waals surface area (Å²) in [6.07, 6.45) is 0.880. The summed E-state index contributed by atoms with van der Waals surface area (Å²) in [6.45, 7) is 5.89. The molecule has 1 aromatic rings. The van der Waals surface area contributed by atoms with E-state index in [-0.39, 0.29) is 30.4 Å². The molecule has 1 aliphatic heterocycles. The molecule has 26 heavy (non-hydrogen) atoms. The van der Waals surface area contributed by atoms with Gasteiger partial charge in [0.1, 0.15) is 6.04 Å². The summed E-state index contributed by atoms with van der Waals surface area (Å²) in [5.41, 5.74) is 1.04. The van der Waals surface area contributed by atoms with E-state index >= 15 is 0 Å². The van der Waals surface area contributed by atoms with Crippen molar-refractivity contribution in [3.8, 4) is 11.5 Å². The fourth-order valence-corrected chi connectivity index (χ4v) is 2.79. The van der Waals surface area contributed by atoms with Gasteiger partial charge in [0.25, 0.3) is 0 Å². The number of fused-ring (bicyclic) bond motifs is 1. The molecule has 0 fully saturated rings. The maximum Gasteiger partial charge on any atom is 0.329 e. The van der Waals surface area contributed by atoms with Crippen molar-refractivity contribution < 1.29 is 33.4 Å². The van der Waals surface area contributed by atoms with Gasteiger partial charge in [0.15, 0.2) is 11.5 Å². The second-order valence-electron chi connectivity index (χ2n) is 5.89. The number of benzene rings is 1. The Morgan fingerprint density at radius 2 is 1.62 bits per heavy atom. The third kappa shape index (κ3) is 4.19. The molecule has 1 atom stereocenters. The fourth-order valence-electron chi connectivity index (χ4n) is 2.79. The predicted octanol–water partition coefficient (Wildman–Crippen LogP) is 1.77. The molecule has 8 nitrogen and oxygen atoms in total. The molecule has 1 aromatic carbocycles. The van der Waals surface area contributed by atoms with Gasteiger partial charge in [0.2, 0.25) is 5.91 Å². The molecule has 0 aliphatic carbocycles. The first-order chi connectivity index (χ1) is 12.2. The van der Waals surface area contributed by atoms with E-state index in [1.807, 2.05) is 6.92 Å². The van der Waals surface area contributed by atoms with Crippen molar-refractivity contribution in [2.75, 3.05) is 11.5 Å². The molecule has 8 heteroatoms. The number of hydrogen-bond donors (Lipinski definition) is 0. The maximum absolute atomic E-state index is 12.3. The molecular weight excluding hydrogens is 342 g/mol. The van der Waals surface area contributed by atoms with Gasteiger partial charge in [-0.3, -0.25) is 19.3 Å². The topological polar surface area (TPSA) is 99.2 Å². The van der Waals surface area contributed by atoms with Gasteiger partial charge in [-0.15, -0.1) is 0 Å². The minimum Gasteiger partial charge on any atom is -0.464 e. The lowest BCUT2D eigenvalue weighted by molar-refractivity contribution is -0.146. The summed E-state index contributed by atoms with van der Waals surface area (Å²) in [5.74, 6) is -2.00. The molecule has 1 unspecified atom stereocenters. The number of anilines is 1. The molecule has 0 aromatic heterocycles. The van der Waals surface area contributed by atoms with Gasteiger partial charge in [-0.2, -0.15) is 0 Å². The van der Waals surface area contributed by atoms with Gasteiger partial charge < -0.3 is 14.2 Å². The highest BCUT2D eigenvalue weighted by Gasteiger charge is 2.39. The van der Waals surface area contributed by atoms with Crippen LogP contribution in [0, 0.1) is 0 Å². The lowest BCUT2D eigenvalue weighted by Crippen LogP contribution is -2.42. The normalized spacial score (nSPS) is 15.2. The van der Waals surface area contributed by atoms with Crippen molar-refractivity contribution >= 4 is 29.5 Å². The Bertz CT molecular complexity index is 756. The van der Waals surface area contributed by atoms with Crippen LogP contribution in [0.5, 0.6) is 11.5 Å². The second kappa shape index (κ2) is 7.99. The number of nitrogens with zero attached hydrogens (tertiary/aromatic N) is 1. The molecule has 1 heterocycles. The standard InChI is InChI=1S/C18H21NO7/c1-5-6-24-18(23)15-7-13-8-16(25-11(3)21)17(26-12(4)22)9-14(13)19(15)10(2)20/h8-9,15H,5-7H2,1-4H3. The Balaban J connectivity index is 2.46. The first kappa shape index (κ1) is 19.4. The van der Waals surface area contributed by atoms with Crippen LogP contribution in [-0.2, 0) is 30.3 Å². The van der Waals surface area contributed by atoms with Crippen molar-refractivity contribution in [1.29, 1.82) is 0 Å². The highest BCUT2D eigenvalue weighted by Crippen LogP contribution is 2.41. The van der Waals surface area contributed by atoms with Crippen LogP contribution in [0.3, 0.4) is 0 Å². The van der Waals surface area contributed by atoms with E-state index in [2.05, 4.69) is 0 Å². The molecule has 1 amide bonds. The van der Waals surface area contributed by atoms with E-state index in [1.165, 1.54) is 37.8 Å². The summed E-state index contributed by atoms with van der Waals surface area (Å²) < 4.78 is 15.4. The molecule has 0 spiro atoms. The lowest BCUT2D eigenvalue weighted by Gasteiger charge is -2.23. The molecular formula is C18H21NO7. The largest absolute Gasteiger partial charge is 0.464 e. The second-order valence-corrected chi connectivity index (χ2v) is 5.89. The van der Waals surface area contributed by atoms with E-state index in [1.54, 1.807) is 0 Å². The number of carbonyl (C=O) groups excluding carboxylic acids is 4. The Morgan fingerprint density at radius 3 is 2.12 bits per heavy atom. The molecule has 0 N–H and O–H groups in total. The van der Waals surface area contributed by atoms with Crippen LogP contribution in [0.4, 0.5) is 5.69 Å². The summed E-state index contributed by atoms with van der Waals surface area (Å²) in [7, 11) is 0. The van der Waals surface area contributed by atoms with Gasteiger partial charge in [-0.1, -0.05) is 6.92 Å². The van der Waals surface area contributed by atoms with Crippen LogP contribution in [0.15, 0.2) is 12.1 Å². The first-order valence-electron chi connectivity index (χ1n) is 8.24. The molecule has 140 valence electrons. The fraction of sp³-hybridized carbons (Fsp3) is 0.444. The SMILES string of the molecule is CCCOC(=O)C1Cc2cc(OC(C)=O)c(OC(C)=O)cc2N1C(C)=O. The molecule has 0 radical (unpaired) electrons. The van der Waals surface area contributed by atoms with Gasteiger partial charge in [-0.05, 0) is 18.1 Å². The Kier molecular flexibility index (Phi) is 5.97. The van der Waals surface area contributed by atoms with Gasteiger partial charge in [0.05, 0.1) is 12.3 Å². The number of rotatable bonds is 5. The maximum atomic E-state index is 12.3. The van der Waals surface area contributed by atoms with Crippen molar-refractivity contribution in [3.63, 3.8) is 0 Å². The smallest absolute Gasteiger partial charge is 0.329 e. The van der Waals surface area contributed by atoms with Crippen LogP contribution in [0.1, 0.15) is 39.7 Å². The van der Waals surface area contributed by atoms with Crippen molar-refractivity contribution in [2.45, 2.75) is 46.6 Å². The Morgan fingerprint density at radius 1 is 1.04 bits per heavy atom. The molecule has 0 saturated heterocycles. The minimum absolute atomic E-state index is 0.000255. The van der Waals surface area contributed by atoms with Gasteiger partial charge in [-0.25, -0.2) is 4.79 Å². The van der Waals surface area contributed by atoms with E-state index in [4.69, 9.17) is 14.2 Å². The van der Waals surface area contributed by atoms with E-state index in [0.29, 0.717) is 17.7 Å². The molecule has 0 saturated carbocycles. The Labute approximate surface area is 151 Å². The molecule has 1 aliphatic rings. The molecule has 0 bridgehead atoms. The Hall–Kier alpha value is -2.90. The minimum atomic E-state index is -0.813. The highest BCUT2D eigenvalue weighted by molar-refractivity contribution is 6.01. The predicted molar refractivity (Wildman–Crippen MR) is 91.0 cm³/mol. The zero-order chi connectivity index (χ0) is 19.4. The summed E-state index contributed by atoms with van der Waals surface area (Å²) in [6, 6.07) is 2.11. The average Bonchev–Trinajstić information content (AvgIpc) is 2.90. The average molecular weight is 363 g/mol. The van der Waals surface area contributed by atoms with Crippen molar-refractivity contribution in [3.05, 3.63) is 17.7 Å². The third-order valence-corrected chi connectivity index (χ3v) is 3.70. The monoisotopic (exact) mass is 363 g/mol. The number of hydrogen-bond acceptors (Lipinski definition) is 7. The van der Waals surface area contributed by atoms with E-state index in [9.17, 15) is 19.2 Å². The highest BCUT2D eigenvalue weighted by atomic mass is 16.6. The number of carbonyl (C=O) groups is 4. The number of ether oxygens (including phenoxy) is 3. The zero-order valence-electron chi connectivity index (χ0n) is 15.2. The van der Waals surface area contributed by atoms with Crippen LogP contribution in [0.25, 0.3) is 0 Å². The first-order valence-corrected chi connectivity index (χ1v) is 8.24. The molecule has 2 rings (SSSR count). The van der Waals surface area contributed by atoms with Crippen molar-refractivity contribution in [1.82, 2.24) is 0 Å². The summed E-state index contributed by atoms with van der Waals surface area (Å²) >= 11 is 0.